The molecule has 3 nitrogen and oxygen atoms in total. The van der Waals surface area contributed by atoms with Crippen molar-refractivity contribution in [1.82, 2.24) is 4.57 Å². The highest BCUT2D eigenvalue weighted by Crippen LogP contribution is 2.10. The van der Waals surface area contributed by atoms with E-state index in [1.807, 2.05) is 18.2 Å². The minimum Gasteiger partial charge on any atom is -0.302 e. The van der Waals surface area contributed by atoms with E-state index in [2.05, 4.69) is 19.1 Å². The van der Waals surface area contributed by atoms with Gasteiger partial charge in [-0.05, 0) is 47.9 Å². The molecule has 1 aromatic heterocycles. The van der Waals surface area contributed by atoms with Crippen molar-refractivity contribution in [3.63, 3.8) is 0 Å². The van der Waals surface area contributed by atoms with E-state index in [0.29, 0.717) is 19.8 Å². The molecule has 0 atom stereocenters. The molecule has 26 heavy (non-hydrogen) atoms. The lowest BCUT2D eigenvalue weighted by Gasteiger charge is -1.96. The van der Waals surface area contributed by atoms with Crippen LogP contribution < -0.4 is 14.8 Å². The second-order valence-corrected chi connectivity index (χ2v) is 7.42. The highest BCUT2D eigenvalue weighted by Gasteiger charge is 2.05. The molecule has 132 valence electrons. The van der Waals surface area contributed by atoms with Gasteiger partial charge in [-0.2, -0.15) is 0 Å². The summed E-state index contributed by atoms with van der Waals surface area (Å²) in [6.07, 6.45) is 4.33. The lowest BCUT2D eigenvalue weighted by molar-refractivity contribution is 0.106. The second-order valence-electron chi connectivity index (χ2n) is 5.92. The van der Waals surface area contributed by atoms with Crippen LogP contribution in [0.3, 0.4) is 0 Å². The van der Waals surface area contributed by atoms with E-state index in [1.165, 1.54) is 27.5 Å². The summed E-state index contributed by atoms with van der Waals surface area (Å²) < 4.78 is 2.73. The van der Waals surface area contributed by atoms with Crippen molar-refractivity contribution in [2.45, 2.75) is 13.3 Å². The lowest BCUT2D eigenvalue weighted by Crippen LogP contribution is -2.29. The third kappa shape index (κ3) is 4.03. The molecule has 0 saturated heterocycles. The number of Topliss-reactive ketones (excluding diaryl/α,β-unsaturated/α-hetero) is 1. The minimum absolute atomic E-state index is 0.107. The van der Waals surface area contributed by atoms with Crippen molar-refractivity contribution >= 4 is 40.9 Å². The van der Waals surface area contributed by atoms with Gasteiger partial charge in [0.1, 0.15) is 4.66 Å². The van der Waals surface area contributed by atoms with Gasteiger partial charge in [0.05, 0.1) is 4.53 Å². The summed E-state index contributed by atoms with van der Waals surface area (Å²) in [5, 5.41) is 0.580. The first-order chi connectivity index (χ1) is 12.5. The monoisotopic (exact) mass is 383 g/mol. The highest BCUT2D eigenvalue weighted by atomic mass is 35.5. The molecule has 0 amide bonds. The zero-order valence-electron chi connectivity index (χ0n) is 14.5. The van der Waals surface area contributed by atoms with Crippen molar-refractivity contribution in [3.8, 4) is 0 Å². The summed E-state index contributed by atoms with van der Waals surface area (Å²) in [6, 6.07) is 14.8. The molecule has 3 rings (SSSR count). The Labute approximate surface area is 160 Å². The molecule has 0 aliphatic rings. The molecule has 3 aromatic rings. The fourth-order valence-electron chi connectivity index (χ4n) is 2.52. The zero-order chi connectivity index (χ0) is 18.7. The van der Waals surface area contributed by atoms with Crippen LogP contribution in [0.2, 0.25) is 5.02 Å². The van der Waals surface area contributed by atoms with Gasteiger partial charge >= 0.3 is 0 Å². The van der Waals surface area contributed by atoms with Gasteiger partial charge in [-0.1, -0.05) is 42.8 Å². The van der Waals surface area contributed by atoms with Gasteiger partial charge in [-0.25, -0.2) is 0 Å². The van der Waals surface area contributed by atoms with E-state index < -0.39 is 0 Å². The standard InChI is InChI=1S/C21H18ClNO2S/c1-3-14-4-6-15(7-5-14)12-19-21(25)23(2)20(26-19)13-18(24)16-8-10-17(22)11-9-16/h4-13H,3H2,1-2H3/b19-12-,20-13-. The van der Waals surface area contributed by atoms with Crippen LogP contribution >= 0.6 is 22.9 Å². The molecule has 0 bridgehead atoms. The predicted molar refractivity (Wildman–Crippen MR) is 108 cm³/mol. The molecule has 5 heteroatoms. The Morgan fingerprint density at radius 3 is 2.38 bits per heavy atom. The normalized spacial score (nSPS) is 12.6. The zero-order valence-corrected chi connectivity index (χ0v) is 16.1. The Bertz CT molecular complexity index is 1110. The third-order valence-electron chi connectivity index (χ3n) is 4.13. The van der Waals surface area contributed by atoms with Crippen molar-refractivity contribution in [1.29, 1.82) is 0 Å². The average Bonchev–Trinajstić information content (AvgIpc) is 2.91. The number of carbonyl (C=O) groups is 1. The fourth-order valence-corrected chi connectivity index (χ4v) is 3.67. The van der Waals surface area contributed by atoms with Crippen LogP contribution in [0.5, 0.6) is 0 Å². The van der Waals surface area contributed by atoms with E-state index in [0.717, 1.165) is 12.0 Å². The van der Waals surface area contributed by atoms with E-state index in [-0.39, 0.29) is 11.3 Å². The molecular weight excluding hydrogens is 366 g/mol. The number of hydrogen-bond acceptors (Lipinski definition) is 3. The number of aromatic nitrogens is 1. The molecule has 0 aliphatic carbocycles. The van der Waals surface area contributed by atoms with Crippen LogP contribution in [-0.2, 0) is 13.5 Å². The topological polar surface area (TPSA) is 39.1 Å². The number of benzene rings is 2. The van der Waals surface area contributed by atoms with Gasteiger partial charge < -0.3 is 4.57 Å². The van der Waals surface area contributed by atoms with Gasteiger partial charge in [0, 0.05) is 23.7 Å². The molecule has 0 N–H and O–H groups in total. The van der Waals surface area contributed by atoms with Crippen LogP contribution in [0.15, 0.2) is 53.3 Å². The maximum atomic E-state index is 12.5. The van der Waals surface area contributed by atoms with Gasteiger partial charge in [0.15, 0.2) is 5.78 Å². The fraction of sp³-hybridized carbons (Fsp3) is 0.143. The van der Waals surface area contributed by atoms with E-state index in [1.54, 1.807) is 31.3 Å². The Balaban J connectivity index is 2.01. The van der Waals surface area contributed by atoms with Crippen molar-refractivity contribution in [2.24, 2.45) is 7.05 Å². The summed E-state index contributed by atoms with van der Waals surface area (Å²) in [7, 11) is 1.68. The smallest absolute Gasteiger partial charge is 0.268 e. The number of aryl methyl sites for hydroxylation is 1. The molecule has 0 radical (unpaired) electrons. The summed E-state index contributed by atoms with van der Waals surface area (Å²) in [6.45, 7) is 2.10. The van der Waals surface area contributed by atoms with Crippen molar-refractivity contribution in [3.05, 3.63) is 89.8 Å². The molecule has 2 aromatic carbocycles. The first-order valence-corrected chi connectivity index (χ1v) is 9.45. The summed E-state index contributed by atoms with van der Waals surface area (Å²) in [4.78, 5) is 24.9. The Kier molecular flexibility index (Phi) is 5.55. The Morgan fingerprint density at radius 1 is 1.12 bits per heavy atom. The first kappa shape index (κ1) is 18.4. The summed E-state index contributed by atoms with van der Waals surface area (Å²) >= 11 is 7.16. The largest absolute Gasteiger partial charge is 0.302 e. The van der Waals surface area contributed by atoms with Crippen LogP contribution in [-0.4, -0.2) is 10.4 Å². The van der Waals surface area contributed by atoms with Gasteiger partial charge in [0.2, 0.25) is 0 Å². The minimum atomic E-state index is -0.155. The highest BCUT2D eigenvalue weighted by molar-refractivity contribution is 7.07. The van der Waals surface area contributed by atoms with E-state index in [4.69, 9.17) is 11.6 Å². The Morgan fingerprint density at radius 2 is 1.77 bits per heavy atom. The molecular formula is C21H18ClNO2S. The van der Waals surface area contributed by atoms with Gasteiger partial charge in [0.25, 0.3) is 5.56 Å². The molecule has 0 spiro atoms. The quantitative estimate of drug-likeness (QED) is 0.649. The first-order valence-electron chi connectivity index (χ1n) is 8.26. The number of rotatable bonds is 4. The lowest BCUT2D eigenvalue weighted by atomic mass is 10.1. The molecule has 0 saturated carbocycles. The van der Waals surface area contributed by atoms with Gasteiger partial charge in [-0.3, -0.25) is 9.59 Å². The number of carbonyl (C=O) groups excluding carboxylic acids is 1. The number of nitrogens with zero attached hydrogens (tertiary/aromatic N) is 1. The van der Waals surface area contributed by atoms with Crippen molar-refractivity contribution in [2.75, 3.05) is 0 Å². The SMILES string of the molecule is CCc1ccc(/C=c2\s/c(=C\C(=O)c3ccc(Cl)cc3)n(C)c2=O)cc1. The van der Waals surface area contributed by atoms with Crippen LogP contribution in [0, 0.1) is 0 Å². The van der Waals surface area contributed by atoms with Crippen LogP contribution in [0.4, 0.5) is 0 Å². The summed E-state index contributed by atoms with van der Waals surface area (Å²) in [5.41, 5.74) is 2.65. The predicted octanol–water partition coefficient (Wildman–Crippen LogP) is 3.15. The van der Waals surface area contributed by atoms with Crippen LogP contribution in [0.25, 0.3) is 12.2 Å². The molecule has 0 aliphatic heterocycles. The number of ketones is 1. The van der Waals surface area contributed by atoms with Crippen molar-refractivity contribution < 1.29 is 4.79 Å². The van der Waals surface area contributed by atoms with Gasteiger partial charge in [-0.15, -0.1) is 11.3 Å². The van der Waals surface area contributed by atoms with E-state index >= 15 is 0 Å². The second kappa shape index (κ2) is 7.85. The Hall–Kier alpha value is -2.43. The maximum Gasteiger partial charge on any atom is 0.268 e. The number of halogens is 1. The third-order valence-corrected chi connectivity index (χ3v) is 5.49. The maximum absolute atomic E-state index is 12.5. The molecule has 0 fully saturated rings. The number of thiazole rings is 1. The molecule has 0 unspecified atom stereocenters. The van der Waals surface area contributed by atoms with E-state index in [9.17, 15) is 9.59 Å². The number of hydrogen-bond donors (Lipinski definition) is 0. The summed E-state index contributed by atoms with van der Waals surface area (Å²) in [5.74, 6) is -0.155. The van der Waals surface area contributed by atoms with Crippen LogP contribution in [0.1, 0.15) is 28.4 Å². The average molecular weight is 384 g/mol. The molecule has 1 heterocycles.